The Kier molecular flexibility index (Phi) is 34.4. The molecule has 0 saturated carbocycles. The molecule has 0 aliphatic heterocycles. The predicted octanol–water partition coefficient (Wildman–Crippen LogP) is -2.26. The molecule has 0 fully saturated rings. The van der Waals surface area contributed by atoms with E-state index in [1.165, 1.54) is 0 Å². The lowest BCUT2D eigenvalue weighted by molar-refractivity contribution is -0.152. The van der Waals surface area contributed by atoms with Crippen molar-refractivity contribution in [2.75, 3.05) is 6.16 Å². The number of aliphatic hydroxyl groups excluding tert-OH is 1. The quantitative estimate of drug-likeness (QED) is 0.0479. The molecule has 372 valence electrons. The summed E-state index contributed by atoms with van der Waals surface area (Å²) in [5, 5.41) is 68.5. The number of carboxylic acid groups (broad SMARTS) is 6. The summed E-state index contributed by atoms with van der Waals surface area (Å²) in [6.45, 7) is 5.16. The molecule has 62 heavy (non-hydrogen) atoms. The minimum atomic E-state index is -5.02. The molecule has 0 aromatic heterocycles. The van der Waals surface area contributed by atoms with E-state index in [1.807, 2.05) is 6.92 Å². The van der Waals surface area contributed by atoms with Crippen molar-refractivity contribution >= 4 is 81.4 Å². The highest BCUT2D eigenvalue weighted by molar-refractivity contribution is 7.55. The Morgan fingerprint density at radius 3 is 1.03 bits per heavy atom. The lowest BCUT2D eigenvalue weighted by Gasteiger charge is -2.23. The van der Waals surface area contributed by atoms with Gasteiger partial charge in [-0.3, -0.25) is 41.8 Å². The molecule has 33 nitrogen and oxygen atoms in total. The number of unbranched alkanes of at least 4 members (excludes halogenated alkanes) is 3. The van der Waals surface area contributed by atoms with Crippen LogP contribution in [0, 0.1) is 0 Å². The topological polar surface area (TPSA) is 630 Å². The highest BCUT2D eigenvalue weighted by atomic mass is 31.2. The molecule has 0 aromatic carbocycles. The monoisotopic (exact) mass is 1040 g/mol. The van der Waals surface area contributed by atoms with E-state index in [0.717, 1.165) is 19.8 Å². The third-order valence-electron chi connectivity index (χ3n) is 6.19. The first kappa shape index (κ1) is 71.2. The van der Waals surface area contributed by atoms with Gasteiger partial charge in [0.2, 0.25) is 0 Å². The Labute approximate surface area is 348 Å². The molecule has 39 heteroatoms. The van der Waals surface area contributed by atoms with Crippen LogP contribution < -0.4 is 0 Å². The fourth-order valence-corrected chi connectivity index (χ4v) is 5.09. The number of aliphatic carboxylic acids is 6. The molecular weight excluding hydrogens is 990 g/mol. The average Bonchev–Trinajstić information content (AvgIpc) is 3.02. The number of hydrogen-bond donors (Lipinski definition) is 21. The van der Waals surface area contributed by atoms with E-state index in [2.05, 4.69) is 0 Å². The maximum absolute atomic E-state index is 10.7. The van der Waals surface area contributed by atoms with E-state index in [4.69, 9.17) is 99.6 Å². The van der Waals surface area contributed by atoms with Crippen molar-refractivity contribution in [3.05, 3.63) is 0 Å². The molecule has 0 aliphatic carbocycles. The summed E-state index contributed by atoms with van der Waals surface area (Å²) in [4.78, 5) is 159. The first-order valence-electron chi connectivity index (χ1n) is 15.8. The summed E-state index contributed by atoms with van der Waals surface area (Å²) in [6.07, 6.45) is 1.54. The minimum absolute atomic E-state index is 0.0491. The standard InChI is InChI=1S/C7H15O5P.C6H13O6P.C3H7O6P.C3H7O5P.C2H5O6P.C2H5O5P/c1-2-3-4-5-6(7(8)9)13(10,11)12;1-2-3-4-6(9,5(7)8)13(10,11)12;1-3(6,2(4)5)10(7,8)9;1-2(3(4)5)9(6,7)8;3-1(4)2(5)9(6,7)8;3-2(4)1-8(5,6)7/h6H,2-5H2,1H3,(H,8,9)(H2,10,11,12);9H,2-4H2,1H3,(H,7,8)(H2,10,11,12);6H,1H3,(H,4,5)(H2,7,8,9);2H,1H3,(H,4,5)(H2,6,7,8);2,5H,(H,3,4)(H2,6,7,8);1H2,(H,3,4)(H2,5,6,7). The molecule has 0 bridgehead atoms. The number of rotatable bonds is 19. The SMILES string of the molecule is CC(C(=O)O)P(=O)(O)O.CC(O)(C(=O)O)P(=O)(O)O.CCCCC(O)(C(=O)O)P(=O)(O)O.CCCCCC(C(=O)O)P(=O)(O)O.O=C(O)C(O)P(=O)(O)O.O=C(O)CP(=O)(O)O. The fraction of sp³-hybridized carbons (Fsp3) is 0.739. The van der Waals surface area contributed by atoms with E-state index in [9.17, 15) is 61.3 Å². The summed E-state index contributed by atoms with van der Waals surface area (Å²) < 4.78 is 61.2. The summed E-state index contributed by atoms with van der Waals surface area (Å²) >= 11 is 0. The minimum Gasteiger partial charge on any atom is -0.481 e. The van der Waals surface area contributed by atoms with Gasteiger partial charge in [-0.05, 0) is 33.1 Å². The zero-order chi connectivity index (χ0) is 51.9. The molecule has 0 amide bonds. The zero-order valence-corrected chi connectivity index (χ0v) is 37.7. The summed E-state index contributed by atoms with van der Waals surface area (Å²) in [6, 6.07) is 0. The Morgan fingerprint density at radius 2 is 0.919 bits per heavy atom. The normalized spacial score (nSPS) is 15.1. The molecule has 5 atom stereocenters. The molecule has 0 radical (unpaired) electrons. The van der Waals surface area contributed by atoms with Crippen LogP contribution in [0.25, 0.3) is 0 Å². The zero-order valence-electron chi connectivity index (χ0n) is 32.4. The largest absolute Gasteiger partial charge is 0.481 e. The maximum atomic E-state index is 10.7. The lowest BCUT2D eigenvalue weighted by Crippen LogP contribution is -2.38. The summed E-state index contributed by atoms with van der Waals surface area (Å²) in [7, 11) is -28.0. The van der Waals surface area contributed by atoms with Crippen LogP contribution in [0.1, 0.15) is 72.6 Å². The number of hydrogen-bond acceptors (Lipinski definition) is 15. The van der Waals surface area contributed by atoms with Crippen LogP contribution in [0.4, 0.5) is 0 Å². The van der Waals surface area contributed by atoms with Crippen molar-refractivity contribution in [3.8, 4) is 0 Å². The first-order chi connectivity index (χ1) is 27.0. The van der Waals surface area contributed by atoms with Gasteiger partial charge in [0.25, 0.3) is 16.5 Å². The molecule has 21 N–H and O–H groups in total. The third-order valence-corrected chi connectivity index (χ3v) is 13.0. The van der Waals surface area contributed by atoms with Crippen LogP contribution in [0.15, 0.2) is 0 Å². The van der Waals surface area contributed by atoms with Gasteiger partial charge in [-0.15, -0.1) is 0 Å². The number of aliphatic hydroxyl groups is 3. The van der Waals surface area contributed by atoms with Crippen LogP contribution in [-0.4, -0.2) is 175 Å². The molecule has 0 aliphatic rings. The molecule has 5 unspecified atom stereocenters. The Bertz CT molecular complexity index is 1690. The molecule has 0 aromatic rings. The molecular formula is C23H52O33P6. The van der Waals surface area contributed by atoms with E-state index in [-0.39, 0.29) is 12.8 Å². The van der Waals surface area contributed by atoms with Gasteiger partial charge >= 0.3 is 81.4 Å². The highest BCUT2D eigenvalue weighted by Gasteiger charge is 2.52. The maximum Gasteiger partial charge on any atom is 0.368 e. The van der Waals surface area contributed by atoms with Crippen LogP contribution in [-0.2, 0) is 56.2 Å². The van der Waals surface area contributed by atoms with Crippen molar-refractivity contribution in [3.63, 3.8) is 0 Å². The van der Waals surface area contributed by atoms with Crippen molar-refractivity contribution in [2.24, 2.45) is 0 Å². The fourth-order valence-electron chi connectivity index (χ4n) is 2.41. The molecule has 0 rings (SSSR count). The van der Waals surface area contributed by atoms with Gasteiger partial charge in [-0.1, -0.05) is 39.5 Å². The Balaban J connectivity index is -0.000000153. The van der Waals surface area contributed by atoms with Gasteiger partial charge in [0, 0.05) is 0 Å². The highest BCUT2D eigenvalue weighted by Crippen LogP contribution is 2.51. The lowest BCUT2D eigenvalue weighted by atomic mass is 10.1. The van der Waals surface area contributed by atoms with Crippen LogP contribution in [0.5, 0.6) is 0 Å². The molecule has 0 spiro atoms. The number of carboxylic acids is 6. The van der Waals surface area contributed by atoms with Gasteiger partial charge in [0.05, 0.1) is 0 Å². The number of carbonyl (C=O) groups is 6. The van der Waals surface area contributed by atoms with Crippen LogP contribution in [0.3, 0.4) is 0 Å². The van der Waals surface area contributed by atoms with Gasteiger partial charge in [-0.2, -0.15) is 0 Å². The summed E-state index contributed by atoms with van der Waals surface area (Å²) in [5.41, 5.74) is -3.13. The van der Waals surface area contributed by atoms with Gasteiger partial charge in [0.15, 0.2) is 11.3 Å². The van der Waals surface area contributed by atoms with E-state index in [1.54, 1.807) is 6.92 Å². The second-order valence-corrected chi connectivity index (χ2v) is 22.6. The average molecular weight is 1040 g/mol. The van der Waals surface area contributed by atoms with Crippen molar-refractivity contribution in [2.45, 2.75) is 100 Å². The van der Waals surface area contributed by atoms with Gasteiger partial charge < -0.3 is 105 Å². The van der Waals surface area contributed by atoms with Gasteiger partial charge in [0.1, 0.15) is 6.16 Å². The van der Waals surface area contributed by atoms with Crippen molar-refractivity contribution in [1.29, 1.82) is 0 Å². The van der Waals surface area contributed by atoms with E-state index < -0.39 is 122 Å². The van der Waals surface area contributed by atoms with Gasteiger partial charge in [-0.25, -0.2) is 14.4 Å². The molecule has 0 heterocycles. The molecule has 0 saturated heterocycles. The Morgan fingerprint density at radius 1 is 0.532 bits per heavy atom. The van der Waals surface area contributed by atoms with E-state index >= 15 is 0 Å². The Hall–Kier alpha value is -2.40. The smallest absolute Gasteiger partial charge is 0.368 e. The van der Waals surface area contributed by atoms with E-state index in [0.29, 0.717) is 19.8 Å². The van der Waals surface area contributed by atoms with Crippen molar-refractivity contribution in [1.82, 2.24) is 0 Å². The first-order valence-corrected chi connectivity index (χ1v) is 25.8. The van der Waals surface area contributed by atoms with Crippen LogP contribution in [0.2, 0.25) is 0 Å². The van der Waals surface area contributed by atoms with Crippen LogP contribution >= 0.6 is 45.6 Å². The second kappa shape index (κ2) is 29.9. The predicted molar refractivity (Wildman–Crippen MR) is 201 cm³/mol. The third kappa shape index (κ3) is 35.0. The summed E-state index contributed by atoms with van der Waals surface area (Å²) in [5.74, 6) is -12.7. The van der Waals surface area contributed by atoms with Crippen molar-refractivity contribution < 1.29 is 161 Å². The second-order valence-electron chi connectivity index (χ2n) is 11.7.